The number of rotatable bonds is 1. The first-order valence-electron chi connectivity index (χ1n) is 9.63. The molecular weight excluding hydrogens is 392 g/mol. The van der Waals surface area contributed by atoms with E-state index < -0.39 is 5.60 Å². The molecule has 4 rings (SSSR count). The van der Waals surface area contributed by atoms with Gasteiger partial charge in [0.05, 0.1) is 9.86 Å². The summed E-state index contributed by atoms with van der Waals surface area (Å²) < 4.78 is 5.63. The highest BCUT2D eigenvalue weighted by atomic mass is 79.9. The molecule has 3 aliphatic rings. The van der Waals surface area contributed by atoms with Crippen LogP contribution in [0.15, 0.2) is 24.3 Å². The first-order valence-corrected chi connectivity index (χ1v) is 10.4. The van der Waals surface area contributed by atoms with Crippen LogP contribution in [0, 0.1) is 11.8 Å². The Hall–Kier alpha value is -1.23. The molecule has 1 saturated carbocycles. The number of piperidine rings is 1. The number of anilines is 1. The lowest BCUT2D eigenvalue weighted by Crippen LogP contribution is -2.64. The zero-order chi connectivity index (χ0) is 19.1. The number of likely N-dealkylation sites (N-methyl/N-ethyl adjacent to an activating group) is 1. The number of para-hydroxylation sites is 1. The summed E-state index contributed by atoms with van der Waals surface area (Å²) in [6.07, 6.45) is 0.780. The lowest BCUT2D eigenvalue weighted by Gasteiger charge is -2.49. The number of hydrogen-bond donors (Lipinski definition) is 0. The Morgan fingerprint density at radius 1 is 1.35 bits per heavy atom. The predicted molar refractivity (Wildman–Crippen MR) is 108 cm³/mol. The molecule has 1 amide bonds. The number of amides is 1. The Bertz CT molecular complexity index is 761. The molecule has 2 heterocycles. The quantitative estimate of drug-likeness (QED) is 0.591. The lowest BCUT2D eigenvalue weighted by molar-refractivity contribution is -0.0139. The van der Waals surface area contributed by atoms with E-state index in [-0.39, 0.29) is 22.1 Å². The van der Waals surface area contributed by atoms with Crippen molar-refractivity contribution in [2.24, 2.45) is 11.8 Å². The van der Waals surface area contributed by atoms with E-state index in [0.29, 0.717) is 11.8 Å². The van der Waals surface area contributed by atoms with E-state index in [0.717, 1.165) is 13.0 Å². The number of carbonyl (C=O) groups is 1. The maximum Gasteiger partial charge on any atom is 0.412 e. The van der Waals surface area contributed by atoms with Crippen LogP contribution in [0.1, 0.15) is 53.5 Å². The summed E-state index contributed by atoms with van der Waals surface area (Å²) in [6.45, 7) is 13.3. The third-order valence-corrected chi connectivity index (χ3v) is 7.90. The third-order valence-electron chi connectivity index (χ3n) is 6.74. The SMILES string of the molecule is CCN1c2ccccc2[C@@]2(Br)C[C@H]3[C@H](C)[C@@]3(C)N(C(=O)OC(C)(C)C)C12. The van der Waals surface area contributed by atoms with Crippen molar-refractivity contribution >= 4 is 27.7 Å². The first kappa shape index (κ1) is 18.1. The molecule has 5 atom stereocenters. The molecule has 2 fully saturated rings. The Morgan fingerprint density at radius 3 is 2.62 bits per heavy atom. The fourth-order valence-electron chi connectivity index (χ4n) is 5.28. The molecule has 1 saturated heterocycles. The van der Waals surface area contributed by atoms with Crippen LogP contribution in [0.5, 0.6) is 0 Å². The summed E-state index contributed by atoms with van der Waals surface area (Å²) in [5.41, 5.74) is 1.87. The molecule has 0 spiro atoms. The molecule has 0 bridgehead atoms. The van der Waals surface area contributed by atoms with Gasteiger partial charge in [0.1, 0.15) is 11.8 Å². The minimum Gasteiger partial charge on any atom is -0.444 e. The Morgan fingerprint density at radius 2 is 2.00 bits per heavy atom. The van der Waals surface area contributed by atoms with E-state index in [1.165, 1.54) is 11.3 Å². The van der Waals surface area contributed by atoms with Gasteiger partial charge < -0.3 is 9.64 Å². The van der Waals surface area contributed by atoms with Crippen LogP contribution in [0.2, 0.25) is 0 Å². The monoisotopic (exact) mass is 420 g/mol. The minimum atomic E-state index is -0.504. The average molecular weight is 421 g/mol. The number of carbonyl (C=O) groups excluding carboxylic acids is 1. The van der Waals surface area contributed by atoms with Crippen LogP contribution in [0.3, 0.4) is 0 Å². The highest BCUT2D eigenvalue weighted by Gasteiger charge is 2.74. The second kappa shape index (κ2) is 5.40. The largest absolute Gasteiger partial charge is 0.444 e. The number of fused-ring (bicyclic) bond motifs is 4. The van der Waals surface area contributed by atoms with Crippen molar-refractivity contribution in [3.63, 3.8) is 0 Å². The van der Waals surface area contributed by atoms with Gasteiger partial charge in [-0.1, -0.05) is 41.1 Å². The minimum absolute atomic E-state index is 0.0639. The van der Waals surface area contributed by atoms with Gasteiger partial charge in [0, 0.05) is 12.2 Å². The highest BCUT2D eigenvalue weighted by molar-refractivity contribution is 9.09. The highest BCUT2D eigenvalue weighted by Crippen LogP contribution is 2.69. The zero-order valence-electron chi connectivity index (χ0n) is 16.5. The topological polar surface area (TPSA) is 32.8 Å². The summed E-state index contributed by atoms with van der Waals surface area (Å²) in [4.78, 5) is 17.8. The molecule has 2 aliphatic heterocycles. The molecular formula is C21H29BrN2O2. The number of hydrogen-bond acceptors (Lipinski definition) is 3. The van der Waals surface area contributed by atoms with Crippen molar-refractivity contribution in [2.45, 2.75) is 69.6 Å². The number of benzene rings is 1. The van der Waals surface area contributed by atoms with Crippen molar-refractivity contribution in [3.05, 3.63) is 29.8 Å². The molecule has 0 radical (unpaired) electrons. The summed E-state index contributed by atoms with van der Waals surface area (Å²) >= 11 is 4.12. The molecule has 1 aromatic rings. The molecule has 5 heteroatoms. The average Bonchev–Trinajstić information content (AvgIpc) is 2.96. The standard InChI is InChI=1S/C21H29BrN2O2/c1-7-23-16-11-9-8-10-14(16)21(22)12-15-13(2)20(15,6)24(17(21)23)18(25)26-19(3,4)5/h8-11,13,15,17H,7,12H2,1-6H3/t13-,15-,17?,20+,21-/m0/s1. The lowest BCUT2D eigenvalue weighted by atomic mass is 9.87. The second-order valence-electron chi connectivity index (χ2n) is 9.21. The van der Waals surface area contributed by atoms with Crippen molar-refractivity contribution < 1.29 is 9.53 Å². The number of likely N-dealkylation sites (tertiary alicyclic amines) is 1. The molecule has 1 aliphatic carbocycles. The van der Waals surface area contributed by atoms with Crippen LogP contribution in [0.25, 0.3) is 0 Å². The molecule has 4 nitrogen and oxygen atoms in total. The van der Waals surface area contributed by atoms with Gasteiger partial charge in [-0.25, -0.2) is 4.79 Å². The summed E-state index contributed by atoms with van der Waals surface area (Å²) in [5, 5.41) is 0. The maximum atomic E-state index is 13.4. The van der Waals surface area contributed by atoms with E-state index in [2.05, 4.69) is 70.8 Å². The molecule has 0 aromatic heterocycles. The normalized spacial score (nSPS) is 37.7. The van der Waals surface area contributed by atoms with E-state index in [4.69, 9.17) is 4.74 Å². The number of ether oxygens (including phenoxy) is 1. The van der Waals surface area contributed by atoms with Gasteiger partial charge in [-0.3, -0.25) is 4.90 Å². The molecule has 0 N–H and O–H groups in total. The number of alkyl halides is 1. The molecule has 1 unspecified atom stereocenters. The van der Waals surface area contributed by atoms with Crippen molar-refractivity contribution in [1.82, 2.24) is 4.90 Å². The van der Waals surface area contributed by atoms with Gasteiger partial charge in [0.25, 0.3) is 0 Å². The molecule has 1 aromatic carbocycles. The van der Waals surface area contributed by atoms with Crippen LogP contribution in [-0.4, -0.2) is 34.8 Å². The zero-order valence-corrected chi connectivity index (χ0v) is 18.1. The van der Waals surface area contributed by atoms with Gasteiger partial charge in [0.2, 0.25) is 0 Å². The maximum absolute atomic E-state index is 13.4. The molecule has 26 heavy (non-hydrogen) atoms. The fraction of sp³-hybridized carbons (Fsp3) is 0.667. The first-order chi connectivity index (χ1) is 12.1. The van der Waals surface area contributed by atoms with Crippen LogP contribution >= 0.6 is 15.9 Å². The summed E-state index contributed by atoms with van der Waals surface area (Å²) in [5.74, 6) is 0.955. The Labute approximate surface area is 165 Å². The number of nitrogens with zero attached hydrogens (tertiary/aromatic N) is 2. The van der Waals surface area contributed by atoms with Gasteiger partial charge in [-0.05, 0) is 64.5 Å². The Balaban J connectivity index is 1.84. The van der Waals surface area contributed by atoms with Crippen molar-refractivity contribution in [1.29, 1.82) is 0 Å². The molecule has 142 valence electrons. The number of halogens is 1. The third kappa shape index (κ3) is 2.22. The van der Waals surface area contributed by atoms with E-state index in [1.807, 2.05) is 20.8 Å². The van der Waals surface area contributed by atoms with Gasteiger partial charge in [-0.2, -0.15) is 0 Å². The van der Waals surface area contributed by atoms with Crippen molar-refractivity contribution in [3.8, 4) is 0 Å². The fourth-order valence-corrected chi connectivity index (χ4v) is 6.42. The van der Waals surface area contributed by atoms with Crippen LogP contribution in [0.4, 0.5) is 10.5 Å². The predicted octanol–water partition coefficient (Wildman–Crippen LogP) is 5.11. The summed E-state index contributed by atoms with van der Waals surface area (Å²) in [6, 6.07) is 8.55. The van der Waals surface area contributed by atoms with Gasteiger partial charge in [0.15, 0.2) is 0 Å². The van der Waals surface area contributed by atoms with Gasteiger partial charge >= 0.3 is 6.09 Å². The Kier molecular flexibility index (Phi) is 3.77. The van der Waals surface area contributed by atoms with Crippen LogP contribution < -0.4 is 4.90 Å². The van der Waals surface area contributed by atoms with Gasteiger partial charge in [-0.15, -0.1) is 0 Å². The van der Waals surface area contributed by atoms with Crippen LogP contribution in [-0.2, 0) is 9.06 Å². The second-order valence-corrected chi connectivity index (χ2v) is 10.6. The van der Waals surface area contributed by atoms with E-state index >= 15 is 0 Å². The van der Waals surface area contributed by atoms with E-state index in [9.17, 15) is 4.79 Å². The van der Waals surface area contributed by atoms with Crippen molar-refractivity contribution in [2.75, 3.05) is 11.4 Å². The smallest absolute Gasteiger partial charge is 0.412 e. The summed E-state index contributed by atoms with van der Waals surface area (Å²) in [7, 11) is 0. The van der Waals surface area contributed by atoms with E-state index in [1.54, 1.807) is 0 Å².